The average molecular weight is 180 g/mol. The van der Waals surface area contributed by atoms with Gasteiger partial charge in [0.2, 0.25) is 0 Å². The average Bonchev–Trinajstić information content (AvgIpc) is 2.49. The molecule has 0 aliphatic heterocycles. The molecule has 0 bridgehead atoms. The molecule has 0 fully saturated rings. The van der Waals surface area contributed by atoms with Crippen molar-refractivity contribution < 1.29 is 14.4 Å². The van der Waals surface area contributed by atoms with Gasteiger partial charge in [0.15, 0.2) is 0 Å². The molecule has 1 aromatic carbocycles. The van der Waals surface area contributed by atoms with Gasteiger partial charge in [-0.1, -0.05) is 0 Å². The number of H-pyrrole nitrogens is 1. The Hall–Kier alpha value is -1.40. The molecule has 0 aliphatic carbocycles. The highest BCUT2D eigenvalue weighted by Crippen LogP contribution is 2.10. The molecule has 66 valence electrons. The number of nitrogens with zero attached hydrogens (tertiary/aromatic N) is 1. The number of hydrogen-bond donors (Lipinski definition) is 3. The van der Waals surface area contributed by atoms with Crippen molar-refractivity contribution >= 4 is 23.5 Å². The minimum Gasteiger partial charge on any atom is -0.423 e. The Morgan fingerprint density at radius 3 is 2.85 bits per heavy atom. The molecular formula is C7H6BFN2O2. The number of fused-ring (bicyclic) bond motifs is 1. The van der Waals surface area contributed by atoms with Gasteiger partial charge in [0.05, 0.1) is 11.7 Å². The van der Waals surface area contributed by atoms with Crippen LogP contribution in [-0.4, -0.2) is 27.4 Å². The number of aromatic amines is 1. The van der Waals surface area contributed by atoms with Gasteiger partial charge in [-0.05, 0) is 12.1 Å². The van der Waals surface area contributed by atoms with E-state index in [0.717, 1.165) is 6.07 Å². The highest BCUT2D eigenvalue weighted by molar-refractivity contribution is 6.61. The predicted octanol–water partition coefficient (Wildman–Crippen LogP) is -0.618. The molecule has 0 saturated heterocycles. The van der Waals surface area contributed by atoms with E-state index < -0.39 is 12.9 Å². The van der Waals surface area contributed by atoms with Crippen LogP contribution >= 0.6 is 0 Å². The molecule has 6 heteroatoms. The first-order chi connectivity index (χ1) is 6.18. The van der Waals surface area contributed by atoms with Crippen LogP contribution in [0.2, 0.25) is 0 Å². The van der Waals surface area contributed by atoms with Crippen molar-refractivity contribution in [1.82, 2.24) is 10.2 Å². The molecule has 0 amide bonds. The number of hydrogen-bond acceptors (Lipinski definition) is 3. The third-order valence-electron chi connectivity index (χ3n) is 1.82. The van der Waals surface area contributed by atoms with Crippen LogP contribution in [0.15, 0.2) is 18.3 Å². The Morgan fingerprint density at radius 2 is 2.15 bits per heavy atom. The predicted molar refractivity (Wildman–Crippen MR) is 45.9 cm³/mol. The van der Waals surface area contributed by atoms with Crippen LogP contribution in [0.4, 0.5) is 4.39 Å². The van der Waals surface area contributed by atoms with Crippen molar-refractivity contribution in [2.45, 2.75) is 0 Å². The summed E-state index contributed by atoms with van der Waals surface area (Å²) in [6, 6.07) is 2.33. The molecule has 2 aromatic rings. The molecule has 3 N–H and O–H groups in total. The van der Waals surface area contributed by atoms with Crippen molar-refractivity contribution in [3.8, 4) is 0 Å². The first-order valence-electron chi connectivity index (χ1n) is 3.67. The Bertz CT molecular complexity index is 443. The van der Waals surface area contributed by atoms with E-state index in [1.165, 1.54) is 12.3 Å². The van der Waals surface area contributed by atoms with Crippen molar-refractivity contribution in [2.75, 3.05) is 0 Å². The second-order valence-corrected chi connectivity index (χ2v) is 2.70. The highest BCUT2D eigenvalue weighted by Gasteiger charge is 2.17. The maximum Gasteiger partial charge on any atom is 0.490 e. The zero-order valence-corrected chi connectivity index (χ0v) is 6.53. The zero-order valence-electron chi connectivity index (χ0n) is 6.53. The molecule has 1 aromatic heterocycles. The molecule has 13 heavy (non-hydrogen) atoms. The van der Waals surface area contributed by atoms with E-state index in [2.05, 4.69) is 10.2 Å². The van der Waals surface area contributed by atoms with E-state index in [0.29, 0.717) is 10.9 Å². The summed E-state index contributed by atoms with van der Waals surface area (Å²) in [4.78, 5) is 0. The first-order valence-corrected chi connectivity index (χ1v) is 3.67. The van der Waals surface area contributed by atoms with Gasteiger partial charge >= 0.3 is 7.12 Å². The normalized spacial score (nSPS) is 10.7. The molecule has 2 rings (SSSR count). The quantitative estimate of drug-likeness (QED) is 0.512. The maximum atomic E-state index is 12.9. The summed E-state index contributed by atoms with van der Waals surface area (Å²) in [5.74, 6) is -0.517. The lowest BCUT2D eigenvalue weighted by Crippen LogP contribution is -2.31. The van der Waals surface area contributed by atoms with Gasteiger partial charge in [-0.15, -0.1) is 0 Å². The number of rotatable bonds is 1. The van der Waals surface area contributed by atoms with E-state index in [-0.39, 0.29) is 5.46 Å². The summed E-state index contributed by atoms with van der Waals surface area (Å²) >= 11 is 0. The van der Waals surface area contributed by atoms with Gasteiger partial charge in [-0.3, -0.25) is 5.10 Å². The fraction of sp³-hybridized carbons (Fsp3) is 0. The molecule has 1 heterocycles. The topological polar surface area (TPSA) is 69.1 Å². The van der Waals surface area contributed by atoms with Crippen molar-refractivity contribution in [2.24, 2.45) is 0 Å². The van der Waals surface area contributed by atoms with Crippen LogP contribution < -0.4 is 5.46 Å². The standard InChI is InChI=1S/C7H6BFN2O2/c9-5-1-4-3-10-11-7(4)6(2-5)8(12)13/h1-3,12-13H,(H,10,11). The third-order valence-corrected chi connectivity index (χ3v) is 1.82. The lowest BCUT2D eigenvalue weighted by molar-refractivity contribution is 0.426. The van der Waals surface area contributed by atoms with Gasteiger partial charge in [0, 0.05) is 10.8 Å². The third kappa shape index (κ3) is 1.30. The van der Waals surface area contributed by atoms with Gasteiger partial charge in [-0.25, -0.2) is 4.39 Å². The van der Waals surface area contributed by atoms with Crippen LogP contribution in [0, 0.1) is 5.82 Å². The highest BCUT2D eigenvalue weighted by atomic mass is 19.1. The molecular weight excluding hydrogens is 174 g/mol. The smallest absolute Gasteiger partial charge is 0.423 e. The summed E-state index contributed by atoms with van der Waals surface area (Å²) in [5.41, 5.74) is 0.531. The van der Waals surface area contributed by atoms with Crippen LogP contribution in [0.1, 0.15) is 0 Å². The molecule has 0 radical (unpaired) electrons. The van der Waals surface area contributed by atoms with Crippen molar-refractivity contribution in [3.05, 3.63) is 24.1 Å². The number of nitrogens with one attached hydrogen (secondary N) is 1. The van der Waals surface area contributed by atoms with E-state index in [9.17, 15) is 4.39 Å². The van der Waals surface area contributed by atoms with Crippen molar-refractivity contribution in [1.29, 1.82) is 0 Å². The minimum atomic E-state index is -1.70. The Morgan fingerprint density at radius 1 is 1.38 bits per heavy atom. The van der Waals surface area contributed by atoms with E-state index in [4.69, 9.17) is 10.0 Å². The zero-order chi connectivity index (χ0) is 9.42. The van der Waals surface area contributed by atoms with Crippen molar-refractivity contribution in [3.63, 3.8) is 0 Å². The summed E-state index contributed by atoms with van der Waals surface area (Å²) in [6.45, 7) is 0. The van der Waals surface area contributed by atoms with Gasteiger partial charge in [-0.2, -0.15) is 5.10 Å². The van der Waals surface area contributed by atoms with Crippen LogP contribution in [-0.2, 0) is 0 Å². The number of benzene rings is 1. The molecule has 0 unspecified atom stereocenters. The second-order valence-electron chi connectivity index (χ2n) is 2.70. The molecule has 0 spiro atoms. The largest absolute Gasteiger partial charge is 0.490 e. The fourth-order valence-corrected chi connectivity index (χ4v) is 1.25. The SMILES string of the molecule is OB(O)c1cc(F)cc2cn[nH]c12. The Labute approximate surface area is 73.2 Å². The maximum absolute atomic E-state index is 12.9. The van der Waals surface area contributed by atoms with Crippen LogP contribution in [0.5, 0.6) is 0 Å². The number of aromatic nitrogens is 2. The van der Waals surface area contributed by atoms with E-state index >= 15 is 0 Å². The lowest BCUT2D eigenvalue weighted by Gasteiger charge is -2.00. The van der Waals surface area contributed by atoms with Gasteiger partial charge in [0.1, 0.15) is 5.82 Å². The summed E-state index contributed by atoms with van der Waals surface area (Å²) in [7, 11) is -1.70. The lowest BCUT2D eigenvalue weighted by atomic mass is 9.79. The Kier molecular flexibility index (Phi) is 1.79. The van der Waals surface area contributed by atoms with E-state index in [1.807, 2.05) is 0 Å². The first kappa shape index (κ1) is 8.21. The minimum absolute atomic E-state index is 0.0903. The Balaban J connectivity index is 2.77. The van der Waals surface area contributed by atoms with Crippen LogP contribution in [0.3, 0.4) is 0 Å². The van der Waals surface area contributed by atoms with E-state index in [1.54, 1.807) is 0 Å². The summed E-state index contributed by atoms with van der Waals surface area (Å²) < 4.78 is 12.9. The van der Waals surface area contributed by atoms with Gasteiger partial charge < -0.3 is 10.0 Å². The van der Waals surface area contributed by atoms with Crippen LogP contribution in [0.25, 0.3) is 10.9 Å². The summed E-state index contributed by atoms with van der Waals surface area (Å²) in [6.07, 6.45) is 1.42. The molecule has 0 aliphatic rings. The molecule has 0 atom stereocenters. The second kappa shape index (κ2) is 2.83. The molecule has 0 saturated carbocycles. The fourth-order valence-electron chi connectivity index (χ4n) is 1.25. The van der Waals surface area contributed by atoms with Gasteiger partial charge in [0.25, 0.3) is 0 Å². The number of halogens is 1. The summed E-state index contributed by atoms with van der Waals surface area (Å²) in [5, 5.41) is 24.6. The monoisotopic (exact) mass is 180 g/mol. The molecule has 4 nitrogen and oxygen atoms in total.